The lowest BCUT2D eigenvalue weighted by atomic mass is 10.5. The van der Waals surface area contributed by atoms with Crippen molar-refractivity contribution in [2.75, 3.05) is 5.73 Å². The normalized spacial score (nSPS) is 10.9. The highest BCUT2D eigenvalue weighted by atomic mass is 32.1. The van der Waals surface area contributed by atoms with E-state index in [1.54, 1.807) is 11.6 Å². The highest BCUT2D eigenvalue weighted by Crippen LogP contribution is 2.06. The first-order valence-electron chi connectivity index (χ1n) is 3.50. The minimum Gasteiger partial charge on any atom is -0.368 e. The number of thiol groups is 1. The quantitative estimate of drug-likeness (QED) is 0.553. The van der Waals surface area contributed by atoms with Crippen molar-refractivity contribution in [3.8, 4) is 0 Å². The third kappa shape index (κ3) is 1.00. The largest absolute Gasteiger partial charge is 0.368 e. The Morgan fingerprint density at radius 3 is 3.00 bits per heavy atom. The Kier molecular flexibility index (Phi) is 1.56. The van der Waals surface area contributed by atoms with Gasteiger partial charge in [0, 0.05) is 7.05 Å². The lowest BCUT2D eigenvalue weighted by Crippen LogP contribution is -2.19. The summed E-state index contributed by atoms with van der Waals surface area (Å²) in [5, 5.41) is 0. The molecule has 68 valence electrons. The molecule has 0 aliphatic heterocycles. The molecule has 0 unspecified atom stereocenters. The number of hydrogen-bond acceptors (Lipinski definition) is 5. The zero-order valence-corrected chi connectivity index (χ0v) is 7.69. The number of fused-ring (bicyclic) bond motifs is 1. The summed E-state index contributed by atoms with van der Waals surface area (Å²) in [7, 11) is 1.71. The van der Waals surface area contributed by atoms with Crippen LogP contribution in [-0.2, 0) is 7.05 Å². The molecule has 7 heteroatoms. The molecule has 0 fully saturated rings. The van der Waals surface area contributed by atoms with Crippen molar-refractivity contribution >= 4 is 29.9 Å². The Bertz CT molecular complexity index is 528. The van der Waals surface area contributed by atoms with Gasteiger partial charge in [-0.2, -0.15) is 4.98 Å². The Morgan fingerprint density at radius 1 is 1.62 bits per heavy atom. The van der Waals surface area contributed by atoms with Gasteiger partial charge in [-0.3, -0.25) is 4.79 Å². The number of nitrogens with two attached hydrogens (primary N) is 1. The lowest BCUT2D eigenvalue weighted by molar-refractivity contribution is 0.935. The molecule has 2 aromatic rings. The van der Waals surface area contributed by atoms with Gasteiger partial charge < -0.3 is 10.3 Å². The van der Waals surface area contributed by atoms with Gasteiger partial charge in [-0.25, -0.2) is 8.96 Å². The first-order chi connectivity index (χ1) is 6.11. The van der Waals surface area contributed by atoms with E-state index in [1.165, 1.54) is 6.33 Å². The summed E-state index contributed by atoms with van der Waals surface area (Å²) >= 11 is 3.89. The first kappa shape index (κ1) is 8.11. The number of nitrogen functional groups attached to an aromatic ring is 1. The maximum absolute atomic E-state index is 11.5. The number of nitrogens with zero attached hydrogens (tertiary/aromatic N) is 4. The van der Waals surface area contributed by atoms with Crippen LogP contribution >= 0.6 is 12.8 Å². The number of imidazole rings is 1. The summed E-state index contributed by atoms with van der Waals surface area (Å²) in [5.41, 5.74) is 5.84. The second kappa shape index (κ2) is 2.49. The van der Waals surface area contributed by atoms with E-state index in [4.69, 9.17) is 5.73 Å². The number of aryl methyl sites for hydroxylation is 1. The van der Waals surface area contributed by atoms with E-state index in [0.29, 0.717) is 11.2 Å². The fraction of sp³-hybridized carbons (Fsp3) is 0.167. The molecule has 0 bridgehead atoms. The van der Waals surface area contributed by atoms with E-state index in [1.807, 2.05) is 0 Å². The molecular formula is C6H7N5OS. The number of rotatable bonds is 0. The van der Waals surface area contributed by atoms with Gasteiger partial charge in [-0.1, -0.05) is 12.8 Å². The van der Waals surface area contributed by atoms with Crippen LogP contribution in [0, 0.1) is 0 Å². The summed E-state index contributed by atoms with van der Waals surface area (Å²) in [5.74, 6) is 0.0412. The van der Waals surface area contributed by atoms with E-state index in [0.717, 1.165) is 3.97 Å². The van der Waals surface area contributed by atoms with Crippen LogP contribution in [0.2, 0.25) is 0 Å². The molecule has 0 aliphatic carbocycles. The average molecular weight is 197 g/mol. The molecular weight excluding hydrogens is 190 g/mol. The number of anilines is 1. The van der Waals surface area contributed by atoms with Crippen LogP contribution in [0.15, 0.2) is 11.1 Å². The molecule has 0 spiro atoms. The Morgan fingerprint density at radius 2 is 2.31 bits per heavy atom. The van der Waals surface area contributed by atoms with Crippen LogP contribution in [0.1, 0.15) is 0 Å². The monoisotopic (exact) mass is 197 g/mol. The van der Waals surface area contributed by atoms with Crippen LogP contribution in [0.4, 0.5) is 5.95 Å². The van der Waals surface area contributed by atoms with Gasteiger partial charge in [-0.05, 0) is 0 Å². The van der Waals surface area contributed by atoms with Crippen LogP contribution in [0.25, 0.3) is 11.2 Å². The minimum absolute atomic E-state index is 0.0412. The third-order valence-electron chi connectivity index (χ3n) is 1.75. The van der Waals surface area contributed by atoms with Crippen LogP contribution in [0.5, 0.6) is 0 Å². The minimum atomic E-state index is -0.314. The van der Waals surface area contributed by atoms with Gasteiger partial charge in [0.2, 0.25) is 5.95 Å². The highest BCUT2D eigenvalue weighted by Gasteiger charge is 2.09. The van der Waals surface area contributed by atoms with Gasteiger partial charge in [-0.15, -0.1) is 0 Å². The fourth-order valence-electron chi connectivity index (χ4n) is 1.11. The predicted molar refractivity (Wildman–Crippen MR) is 51.6 cm³/mol. The maximum atomic E-state index is 11.5. The third-order valence-corrected chi connectivity index (χ3v) is 2.14. The van der Waals surface area contributed by atoms with E-state index < -0.39 is 0 Å². The summed E-state index contributed by atoms with van der Waals surface area (Å²) in [6.45, 7) is 0. The molecule has 0 aromatic carbocycles. The fourth-order valence-corrected chi connectivity index (χ4v) is 1.25. The zero-order valence-electron chi connectivity index (χ0n) is 6.80. The molecule has 2 rings (SSSR count). The Balaban J connectivity index is 3.06. The first-order valence-corrected chi connectivity index (χ1v) is 3.90. The number of hydrogen-bond donors (Lipinski definition) is 2. The molecule has 0 saturated carbocycles. The van der Waals surface area contributed by atoms with E-state index in [-0.39, 0.29) is 11.5 Å². The van der Waals surface area contributed by atoms with Crippen molar-refractivity contribution in [2.45, 2.75) is 0 Å². The summed E-state index contributed by atoms with van der Waals surface area (Å²) in [6.07, 6.45) is 1.51. The molecule has 2 aromatic heterocycles. The molecule has 2 N–H and O–H groups in total. The van der Waals surface area contributed by atoms with Crippen molar-refractivity contribution in [3.05, 3.63) is 16.7 Å². The molecule has 0 atom stereocenters. The molecule has 0 radical (unpaired) electrons. The van der Waals surface area contributed by atoms with E-state index >= 15 is 0 Å². The predicted octanol–water partition coefficient (Wildman–Crippen LogP) is -0.595. The summed E-state index contributed by atoms with van der Waals surface area (Å²) in [4.78, 5) is 19.3. The van der Waals surface area contributed by atoms with Crippen molar-refractivity contribution in [3.63, 3.8) is 0 Å². The Hall–Kier alpha value is -1.50. The number of aromatic nitrogens is 4. The summed E-state index contributed by atoms with van der Waals surface area (Å²) < 4.78 is 2.57. The molecule has 0 amide bonds. The van der Waals surface area contributed by atoms with E-state index in [2.05, 4.69) is 22.8 Å². The van der Waals surface area contributed by atoms with Gasteiger partial charge in [0.05, 0.1) is 6.33 Å². The smallest absolute Gasteiger partial charge is 0.291 e. The van der Waals surface area contributed by atoms with Crippen LogP contribution in [-0.4, -0.2) is 18.5 Å². The van der Waals surface area contributed by atoms with Gasteiger partial charge in [0.25, 0.3) is 5.56 Å². The second-order valence-corrected chi connectivity index (χ2v) is 3.01. The van der Waals surface area contributed by atoms with E-state index in [9.17, 15) is 4.79 Å². The molecule has 2 heterocycles. The topological polar surface area (TPSA) is 78.7 Å². The molecule has 13 heavy (non-hydrogen) atoms. The molecule has 6 nitrogen and oxygen atoms in total. The lowest BCUT2D eigenvalue weighted by Gasteiger charge is -2.00. The maximum Gasteiger partial charge on any atom is 0.291 e. The summed E-state index contributed by atoms with van der Waals surface area (Å²) in [6, 6.07) is 0. The zero-order chi connectivity index (χ0) is 9.59. The average Bonchev–Trinajstić information content (AvgIpc) is 2.43. The second-order valence-electron chi connectivity index (χ2n) is 2.61. The van der Waals surface area contributed by atoms with Crippen molar-refractivity contribution in [2.24, 2.45) is 7.05 Å². The standard InChI is InChI=1S/C6H7N5OS/c1-10-2-8-4-3(10)5(12)11(13)6(7)9-4/h2,13H,1H3,(H2,7,9). The highest BCUT2D eigenvalue weighted by molar-refractivity contribution is 7.78. The van der Waals surface area contributed by atoms with Crippen molar-refractivity contribution in [1.29, 1.82) is 0 Å². The van der Waals surface area contributed by atoms with Crippen LogP contribution in [0.3, 0.4) is 0 Å². The van der Waals surface area contributed by atoms with Crippen molar-refractivity contribution < 1.29 is 0 Å². The SMILES string of the molecule is Cn1cnc2nc(N)n(S)c(=O)c21. The Labute approximate surface area is 78.6 Å². The molecule has 0 saturated heterocycles. The van der Waals surface area contributed by atoms with Gasteiger partial charge >= 0.3 is 0 Å². The van der Waals surface area contributed by atoms with Crippen molar-refractivity contribution in [1.82, 2.24) is 18.5 Å². The van der Waals surface area contributed by atoms with Crippen LogP contribution < -0.4 is 11.3 Å². The van der Waals surface area contributed by atoms with Gasteiger partial charge in [0.1, 0.15) is 0 Å². The molecule has 0 aliphatic rings. The van der Waals surface area contributed by atoms with Gasteiger partial charge in [0.15, 0.2) is 11.2 Å².